The van der Waals surface area contributed by atoms with Crippen LogP contribution in [-0.2, 0) is 0 Å². The van der Waals surface area contributed by atoms with Gasteiger partial charge in [0, 0.05) is 0 Å². The number of hydrogen-bond acceptors (Lipinski definition) is 1. The van der Waals surface area contributed by atoms with Gasteiger partial charge in [-0.25, -0.2) is 0 Å². The van der Waals surface area contributed by atoms with E-state index in [0.29, 0.717) is 11.8 Å². The number of allylic oxidation sites excluding steroid dienone is 1. The molecule has 0 heterocycles. The lowest BCUT2D eigenvalue weighted by atomic mass is 9.71. The first kappa shape index (κ1) is 9.79. The second-order valence-corrected chi connectivity index (χ2v) is 4.52. The first-order valence-electron chi connectivity index (χ1n) is 4.86. The predicted molar refractivity (Wildman–Crippen MR) is 51.9 cm³/mol. The van der Waals surface area contributed by atoms with E-state index in [9.17, 15) is 5.11 Å². The zero-order valence-corrected chi connectivity index (χ0v) is 8.43. The van der Waals surface area contributed by atoms with E-state index in [1.807, 2.05) is 0 Å². The molecule has 1 rings (SSSR count). The number of hydrogen-bond donors (Lipinski definition) is 1. The molecule has 1 aliphatic carbocycles. The van der Waals surface area contributed by atoms with Crippen LogP contribution < -0.4 is 0 Å². The van der Waals surface area contributed by atoms with Crippen LogP contribution in [0.5, 0.6) is 0 Å². The predicted octanol–water partition coefficient (Wildman–Crippen LogP) is 2.75. The maximum Gasteiger partial charge on any atom is 0.0679 e. The van der Waals surface area contributed by atoms with E-state index in [0.717, 1.165) is 19.3 Å². The molecule has 1 heteroatoms. The molecule has 70 valence electrons. The normalized spacial score (nSPS) is 37.4. The fourth-order valence-electron chi connectivity index (χ4n) is 1.92. The molecule has 2 atom stereocenters. The van der Waals surface area contributed by atoms with Crippen LogP contribution in [0, 0.1) is 11.8 Å². The summed E-state index contributed by atoms with van der Waals surface area (Å²) in [5.41, 5.74) is 0.876. The van der Waals surface area contributed by atoms with Crippen LogP contribution in [0.3, 0.4) is 0 Å². The van der Waals surface area contributed by atoms with E-state index >= 15 is 0 Å². The lowest BCUT2D eigenvalue weighted by Crippen LogP contribution is -2.40. The summed E-state index contributed by atoms with van der Waals surface area (Å²) in [5, 5.41) is 10.2. The van der Waals surface area contributed by atoms with Crippen molar-refractivity contribution >= 4 is 0 Å². The second kappa shape index (κ2) is 3.21. The van der Waals surface area contributed by atoms with E-state index in [4.69, 9.17) is 0 Å². The highest BCUT2D eigenvalue weighted by molar-refractivity contribution is 5.08. The van der Waals surface area contributed by atoms with Gasteiger partial charge >= 0.3 is 0 Å². The quantitative estimate of drug-likeness (QED) is 0.597. The Kier molecular flexibility index (Phi) is 2.62. The van der Waals surface area contributed by atoms with E-state index in [1.54, 1.807) is 0 Å². The summed E-state index contributed by atoms with van der Waals surface area (Å²) in [6, 6.07) is 0. The van der Waals surface area contributed by atoms with Crippen molar-refractivity contribution < 1.29 is 5.11 Å². The van der Waals surface area contributed by atoms with Gasteiger partial charge in [0.05, 0.1) is 5.60 Å². The summed E-state index contributed by atoms with van der Waals surface area (Å²) in [5.74, 6) is 0.860. The van der Waals surface area contributed by atoms with Crippen molar-refractivity contribution in [3.8, 4) is 0 Å². The average molecular weight is 168 g/mol. The highest BCUT2D eigenvalue weighted by atomic mass is 16.3. The van der Waals surface area contributed by atoms with Crippen molar-refractivity contribution in [3.63, 3.8) is 0 Å². The average Bonchev–Trinajstić information content (AvgIpc) is 1.97. The summed E-state index contributed by atoms with van der Waals surface area (Å²) < 4.78 is 0. The topological polar surface area (TPSA) is 20.2 Å². The van der Waals surface area contributed by atoms with Crippen LogP contribution in [0.1, 0.15) is 40.0 Å². The molecule has 0 aromatic carbocycles. The third-order valence-corrected chi connectivity index (χ3v) is 3.31. The van der Waals surface area contributed by atoms with Crippen LogP contribution in [0.15, 0.2) is 12.2 Å². The molecule has 0 radical (unpaired) electrons. The summed E-state index contributed by atoms with van der Waals surface area (Å²) >= 11 is 0. The fraction of sp³-hybridized carbons (Fsp3) is 0.818. The van der Waals surface area contributed by atoms with Crippen molar-refractivity contribution in [2.45, 2.75) is 45.6 Å². The minimum atomic E-state index is -0.430. The SMILES string of the molecule is C=C1CCC(O)(C(C)C)CC1C. The molecular weight excluding hydrogens is 148 g/mol. The van der Waals surface area contributed by atoms with Gasteiger partial charge in [-0.05, 0) is 31.1 Å². The zero-order valence-electron chi connectivity index (χ0n) is 8.43. The molecule has 1 aliphatic rings. The van der Waals surface area contributed by atoms with Crippen LogP contribution in [0.25, 0.3) is 0 Å². The van der Waals surface area contributed by atoms with E-state index < -0.39 is 5.60 Å². The first-order valence-corrected chi connectivity index (χ1v) is 4.86. The Morgan fingerprint density at radius 2 is 2.17 bits per heavy atom. The van der Waals surface area contributed by atoms with Crippen molar-refractivity contribution in [2.24, 2.45) is 11.8 Å². The molecule has 0 saturated heterocycles. The highest BCUT2D eigenvalue weighted by Crippen LogP contribution is 2.39. The Balaban J connectivity index is 2.66. The molecular formula is C11H20O. The molecule has 0 aliphatic heterocycles. The fourth-order valence-corrected chi connectivity index (χ4v) is 1.92. The molecule has 1 N–H and O–H groups in total. The molecule has 0 aromatic heterocycles. The number of rotatable bonds is 1. The molecule has 1 saturated carbocycles. The van der Waals surface area contributed by atoms with Gasteiger partial charge in [-0.15, -0.1) is 0 Å². The second-order valence-electron chi connectivity index (χ2n) is 4.52. The van der Waals surface area contributed by atoms with Crippen molar-refractivity contribution in [3.05, 3.63) is 12.2 Å². The minimum Gasteiger partial charge on any atom is -0.390 e. The maximum atomic E-state index is 10.2. The highest BCUT2D eigenvalue weighted by Gasteiger charge is 2.36. The molecule has 1 nitrogen and oxygen atoms in total. The van der Waals surface area contributed by atoms with Gasteiger partial charge in [0.15, 0.2) is 0 Å². The van der Waals surface area contributed by atoms with Crippen LogP contribution in [-0.4, -0.2) is 10.7 Å². The lowest BCUT2D eigenvalue weighted by Gasteiger charge is -2.39. The van der Waals surface area contributed by atoms with Crippen LogP contribution in [0.4, 0.5) is 0 Å². The van der Waals surface area contributed by atoms with E-state index in [-0.39, 0.29) is 0 Å². The van der Waals surface area contributed by atoms with Gasteiger partial charge in [-0.1, -0.05) is 32.9 Å². The smallest absolute Gasteiger partial charge is 0.0679 e. The monoisotopic (exact) mass is 168 g/mol. The summed E-state index contributed by atoms with van der Waals surface area (Å²) in [6.45, 7) is 10.4. The molecule has 0 amide bonds. The van der Waals surface area contributed by atoms with Gasteiger partial charge in [-0.3, -0.25) is 0 Å². The maximum absolute atomic E-state index is 10.2. The van der Waals surface area contributed by atoms with Gasteiger partial charge in [0.25, 0.3) is 0 Å². The molecule has 0 spiro atoms. The van der Waals surface area contributed by atoms with Gasteiger partial charge in [0.2, 0.25) is 0 Å². The zero-order chi connectivity index (χ0) is 9.35. The van der Waals surface area contributed by atoms with Crippen LogP contribution >= 0.6 is 0 Å². The Morgan fingerprint density at radius 1 is 1.58 bits per heavy atom. The van der Waals surface area contributed by atoms with Crippen molar-refractivity contribution in [1.29, 1.82) is 0 Å². The van der Waals surface area contributed by atoms with Gasteiger partial charge < -0.3 is 5.11 Å². The summed E-state index contributed by atoms with van der Waals surface area (Å²) in [7, 11) is 0. The third kappa shape index (κ3) is 1.71. The molecule has 0 bridgehead atoms. The lowest BCUT2D eigenvalue weighted by molar-refractivity contribution is -0.0397. The molecule has 2 unspecified atom stereocenters. The Hall–Kier alpha value is -0.300. The third-order valence-electron chi connectivity index (χ3n) is 3.31. The molecule has 12 heavy (non-hydrogen) atoms. The Bertz CT molecular complexity index is 183. The minimum absolute atomic E-state index is 0.369. The standard InChI is InChI=1S/C11H20O/c1-8(2)11(12)6-5-9(3)10(4)7-11/h8,10,12H,3,5-7H2,1-2,4H3. The molecule has 1 fully saturated rings. The summed E-state index contributed by atoms with van der Waals surface area (Å²) in [6.07, 6.45) is 2.78. The van der Waals surface area contributed by atoms with Crippen LogP contribution in [0.2, 0.25) is 0 Å². The number of aliphatic hydroxyl groups is 1. The van der Waals surface area contributed by atoms with Gasteiger partial charge in [-0.2, -0.15) is 0 Å². The summed E-state index contributed by atoms with van der Waals surface area (Å²) in [4.78, 5) is 0. The van der Waals surface area contributed by atoms with Crippen molar-refractivity contribution in [2.75, 3.05) is 0 Å². The van der Waals surface area contributed by atoms with Gasteiger partial charge in [0.1, 0.15) is 0 Å². The van der Waals surface area contributed by atoms with E-state index in [1.165, 1.54) is 5.57 Å². The Labute approximate surface area is 75.5 Å². The largest absolute Gasteiger partial charge is 0.390 e. The first-order chi connectivity index (χ1) is 5.46. The van der Waals surface area contributed by atoms with E-state index in [2.05, 4.69) is 27.4 Å². The Morgan fingerprint density at radius 3 is 2.58 bits per heavy atom. The molecule has 0 aromatic rings. The van der Waals surface area contributed by atoms with Crippen molar-refractivity contribution in [1.82, 2.24) is 0 Å².